The van der Waals surface area contributed by atoms with Crippen molar-refractivity contribution < 1.29 is 27.4 Å². The summed E-state index contributed by atoms with van der Waals surface area (Å²) < 4.78 is 32.8. The van der Waals surface area contributed by atoms with Crippen molar-refractivity contribution in [2.75, 3.05) is 0 Å². The van der Waals surface area contributed by atoms with Crippen molar-refractivity contribution in [1.82, 2.24) is 0 Å². The van der Waals surface area contributed by atoms with Gasteiger partial charge in [0.2, 0.25) is 10.4 Å². The molecule has 110 valence electrons. The van der Waals surface area contributed by atoms with Crippen LogP contribution in [0.5, 0.6) is 0 Å². The second kappa shape index (κ2) is 16.2. The number of hydrogen-bond donors (Lipinski definition) is 1. The van der Waals surface area contributed by atoms with E-state index in [4.69, 9.17) is 17.5 Å². The molecule has 6 nitrogen and oxygen atoms in total. The SMILES string of the molecule is CCCCCCCCCCC(=O)[O-].O=S(=O)([O-])O.[Mg+2]. The van der Waals surface area contributed by atoms with Crippen LogP contribution < -0.4 is 5.11 Å². The fourth-order valence-corrected chi connectivity index (χ4v) is 1.40. The first-order chi connectivity index (χ1) is 8.27. The zero-order chi connectivity index (χ0) is 14.4. The van der Waals surface area contributed by atoms with Crippen LogP contribution in [0.2, 0.25) is 0 Å². The Morgan fingerprint density at radius 1 is 1.00 bits per heavy atom. The second-order valence-electron chi connectivity index (χ2n) is 4.02. The zero-order valence-corrected chi connectivity index (χ0v) is 13.7. The number of hydrogen-bond acceptors (Lipinski definition) is 5. The Morgan fingerprint density at radius 2 is 1.32 bits per heavy atom. The fraction of sp³-hybridized carbons (Fsp3) is 0.909. The smallest absolute Gasteiger partial charge is 0.726 e. The molecule has 0 fully saturated rings. The minimum Gasteiger partial charge on any atom is -0.726 e. The third kappa shape index (κ3) is 46.0. The molecule has 0 aliphatic rings. The minimum atomic E-state index is -4.92. The normalized spacial score (nSPS) is 10.1. The summed E-state index contributed by atoms with van der Waals surface area (Å²) in [5, 5.41) is 10.1. The molecule has 0 aromatic heterocycles. The Morgan fingerprint density at radius 3 is 1.63 bits per heavy atom. The molecule has 0 atom stereocenters. The summed E-state index contributed by atoms with van der Waals surface area (Å²) in [5.74, 6) is -0.911. The van der Waals surface area contributed by atoms with Gasteiger partial charge < -0.3 is 14.5 Å². The van der Waals surface area contributed by atoms with Gasteiger partial charge in [0.05, 0.1) is 0 Å². The maximum Gasteiger partial charge on any atom is 2.00 e. The van der Waals surface area contributed by atoms with E-state index in [1.165, 1.54) is 38.5 Å². The Balaban J connectivity index is -0.000000366. The van der Waals surface area contributed by atoms with Crippen molar-refractivity contribution in [3.8, 4) is 0 Å². The van der Waals surface area contributed by atoms with E-state index in [9.17, 15) is 9.90 Å². The Labute approximate surface area is 131 Å². The number of carbonyl (C=O) groups excluding carboxylic acids is 1. The summed E-state index contributed by atoms with van der Waals surface area (Å²) in [6.07, 6.45) is 9.75. The molecule has 0 rings (SSSR count). The molecule has 0 spiro atoms. The first-order valence-corrected chi connectivity index (χ1v) is 7.52. The molecule has 0 radical (unpaired) electrons. The van der Waals surface area contributed by atoms with Crippen LogP contribution in [0.3, 0.4) is 0 Å². The fourth-order valence-electron chi connectivity index (χ4n) is 1.40. The monoisotopic (exact) mass is 306 g/mol. The van der Waals surface area contributed by atoms with Crippen molar-refractivity contribution in [3.05, 3.63) is 0 Å². The van der Waals surface area contributed by atoms with Crippen LogP contribution in [0.25, 0.3) is 0 Å². The molecule has 0 saturated carbocycles. The molecule has 0 aliphatic heterocycles. The van der Waals surface area contributed by atoms with E-state index in [1.807, 2.05) is 0 Å². The zero-order valence-electron chi connectivity index (χ0n) is 11.5. The van der Waals surface area contributed by atoms with Gasteiger partial charge in [-0.2, -0.15) is 0 Å². The molecule has 0 aromatic rings. The number of aliphatic carboxylic acids is 1. The van der Waals surface area contributed by atoms with Gasteiger partial charge in [-0.15, -0.1) is 0 Å². The molecular formula is C11H22MgO6S. The van der Waals surface area contributed by atoms with Gasteiger partial charge in [0.15, 0.2) is 0 Å². The first kappa shape index (κ1) is 24.1. The predicted octanol–water partition coefficient (Wildman–Crippen LogP) is 0.891. The standard InChI is InChI=1S/C11H22O2.Mg.H2O4S/c1-2-3-4-5-6-7-8-9-10-11(12)13;;1-5(2,3)4/h2-10H2,1H3,(H,12,13);;(H2,1,2,3,4)/q;+2;/p-2. The van der Waals surface area contributed by atoms with Gasteiger partial charge >= 0.3 is 23.1 Å². The van der Waals surface area contributed by atoms with Crippen molar-refractivity contribution >= 4 is 39.4 Å². The minimum absolute atomic E-state index is 0. The summed E-state index contributed by atoms with van der Waals surface area (Å²) in [6.45, 7) is 2.21. The number of unbranched alkanes of at least 4 members (excludes halogenated alkanes) is 7. The molecule has 19 heavy (non-hydrogen) atoms. The van der Waals surface area contributed by atoms with E-state index in [1.54, 1.807) is 0 Å². The third-order valence-corrected chi connectivity index (χ3v) is 2.23. The summed E-state index contributed by atoms with van der Waals surface area (Å²) in [6, 6.07) is 0. The summed E-state index contributed by atoms with van der Waals surface area (Å²) in [5.41, 5.74) is 0. The maximum atomic E-state index is 10.1. The van der Waals surface area contributed by atoms with E-state index in [0.29, 0.717) is 0 Å². The largest absolute Gasteiger partial charge is 2.00 e. The van der Waals surface area contributed by atoms with Gasteiger partial charge in [-0.3, -0.25) is 4.55 Å². The Bertz CT molecular complexity index is 284. The average molecular weight is 307 g/mol. The van der Waals surface area contributed by atoms with Gasteiger partial charge in [-0.05, 0) is 12.8 Å². The van der Waals surface area contributed by atoms with E-state index in [2.05, 4.69) is 6.92 Å². The average Bonchev–Trinajstić information content (AvgIpc) is 2.19. The molecular weight excluding hydrogens is 284 g/mol. The molecule has 0 aliphatic carbocycles. The summed E-state index contributed by atoms with van der Waals surface area (Å²) >= 11 is 0. The van der Waals surface area contributed by atoms with Crippen LogP contribution in [-0.2, 0) is 15.2 Å². The summed E-state index contributed by atoms with van der Waals surface area (Å²) in [4.78, 5) is 10.1. The molecule has 0 aromatic carbocycles. The van der Waals surface area contributed by atoms with Crippen LogP contribution in [0.4, 0.5) is 0 Å². The van der Waals surface area contributed by atoms with Crippen LogP contribution in [-0.4, -0.2) is 46.5 Å². The number of carboxylic acid groups (broad SMARTS) is 1. The van der Waals surface area contributed by atoms with Crippen LogP contribution in [0.15, 0.2) is 0 Å². The molecule has 0 bridgehead atoms. The van der Waals surface area contributed by atoms with Crippen molar-refractivity contribution in [2.45, 2.75) is 64.7 Å². The van der Waals surface area contributed by atoms with E-state index in [0.717, 1.165) is 12.8 Å². The number of rotatable bonds is 9. The first-order valence-electron chi connectivity index (χ1n) is 6.15. The Hall–Kier alpha value is 0.106. The van der Waals surface area contributed by atoms with Crippen molar-refractivity contribution in [2.24, 2.45) is 0 Å². The third-order valence-electron chi connectivity index (χ3n) is 2.23. The maximum absolute atomic E-state index is 10.1. The topological polar surface area (TPSA) is 118 Å². The number of carboxylic acids is 1. The van der Waals surface area contributed by atoms with Gasteiger partial charge in [0, 0.05) is 5.97 Å². The van der Waals surface area contributed by atoms with Gasteiger partial charge in [-0.25, -0.2) is 8.42 Å². The molecule has 8 heteroatoms. The quantitative estimate of drug-likeness (QED) is 0.292. The van der Waals surface area contributed by atoms with Gasteiger partial charge in [0.25, 0.3) is 0 Å². The van der Waals surface area contributed by atoms with Gasteiger partial charge in [-0.1, -0.05) is 51.9 Å². The van der Waals surface area contributed by atoms with E-state index < -0.39 is 16.4 Å². The van der Waals surface area contributed by atoms with E-state index >= 15 is 0 Å². The Kier molecular flexibility index (Phi) is 20.5. The van der Waals surface area contributed by atoms with Crippen LogP contribution >= 0.6 is 0 Å². The molecule has 0 saturated heterocycles. The van der Waals surface area contributed by atoms with Crippen molar-refractivity contribution in [1.29, 1.82) is 0 Å². The van der Waals surface area contributed by atoms with Crippen molar-refractivity contribution in [3.63, 3.8) is 0 Å². The predicted molar refractivity (Wildman–Crippen MR) is 70.3 cm³/mol. The molecule has 0 unspecified atom stereocenters. The second-order valence-corrected chi connectivity index (χ2v) is 4.88. The van der Waals surface area contributed by atoms with Gasteiger partial charge in [0.1, 0.15) is 0 Å². The van der Waals surface area contributed by atoms with Crippen LogP contribution in [0.1, 0.15) is 64.7 Å². The molecule has 1 N–H and O–H groups in total. The van der Waals surface area contributed by atoms with E-state index in [-0.39, 0.29) is 29.5 Å². The molecule has 0 amide bonds. The summed E-state index contributed by atoms with van der Waals surface area (Å²) in [7, 11) is -4.92. The molecule has 0 heterocycles. The van der Waals surface area contributed by atoms with Crippen LogP contribution in [0, 0.1) is 0 Å². The number of carbonyl (C=O) groups is 1.